The van der Waals surface area contributed by atoms with Gasteiger partial charge in [-0.15, -0.1) is 0 Å². The van der Waals surface area contributed by atoms with Crippen LogP contribution < -0.4 is 10.9 Å². The van der Waals surface area contributed by atoms with Crippen molar-refractivity contribution >= 4 is 52.4 Å². The molecule has 1 atom stereocenters. The van der Waals surface area contributed by atoms with Gasteiger partial charge in [0.1, 0.15) is 17.6 Å². The molecule has 14 heteroatoms. The molecule has 0 saturated heterocycles. The van der Waals surface area contributed by atoms with E-state index >= 15 is 0 Å². The van der Waals surface area contributed by atoms with Gasteiger partial charge in [-0.05, 0) is 48.0 Å². The van der Waals surface area contributed by atoms with Crippen molar-refractivity contribution in [3.8, 4) is 0 Å². The molecular formula is C23H13Cl3F7N3O. The van der Waals surface area contributed by atoms with Gasteiger partial charge in [-0.1, -0.05) is 46.9 Å². The highest BCUT2D eigenvalue weighted by Crippen LogP contribution is 2.42. The molecule has 1 amide bonds. The van der Waals surface area contributed by atoms with Gasteiger partial charge < -0.3 is 0 Å². The Balaban J connectivity index is 1.99. The largest absolute Gasteiger partial charge is 0.417 e. The van der Waals surface area contributed by atoms with Crippen LogP contribution in [-0.2, 0) is 6.18 Å². The van der Waals surface area contributed by atoms with Gasteiger partial charge in [-0.25, -0.2) is 9.37 Å². The summed E-state index contributed by atoms with van der Waals surface area (Å²) in [7, 11) is 0. The van der Waals surface area contributed by atoms with Crippen LogP contribution in [0.5, 0.6) is 0 Å². The number of nitrogens with one attached hydrogen (secondary N) is 2. The summed E-state index contributed by atoms with van der Waals surface area (Å²) >= 11 is 17.3. The van der Waals surface area contributed by atoms with Crippen LogP contribution in [0, 0.1) is 0 Å². The van der Waals surface area contributed by atoms with E-state index in [-0.39, 0.29) is 33.0 Å². The van der Waals surface area contributed by atoms with Crippen molar-refractivity contribution in [3.05, 3.63) is 98.1 Å². The predicted molar refractivity (Wildman–Crippen MR) is 126 cm³/mol. The van der Waals surface area contributed by atoms with Crippen LogP contribution in [0.2, 0.25) is 15.1 Å². The quantitative estimate of drug-likeness (QED) is 0.173. The lowest BCUT2D eigenvalue weighted by molar-refractivity contribution is -0.140. The molecule has 0 aliphatic rings. The Kier molecular flexibility index (Phi) is 8.61. The van der Waals surface area contributed by atoms with Gasteiger partial charge in [0.25, 0.3) is 5.91 Å². The van der Waals surface area contributed by atoms with Crippen LogP contribution in [0.3, 0.4) is 0 Å². The molecular weight excluding hydrogens is 574 g/mol. The Labute approximate surface area is 220 Å². The minimum Gasteiger partial charge on any atom is -0.282 e. The Hall–Kier alpha value is -3.02. The van der Waals surface area contributed by atoms with Crippen LogP contribution in [0.1, 0.15) is 33.0 Å². The molecule has 2 aromatic carbocycles. The second-order valence-corrected chi connectivity index (χ2v) is 8.58. The topological polar surface area (TPSA) is 54.0 Å². The molecule has 3 rings (SSSR count). The van der Waals surface area contributed by atoms with E-state index < -0.39 is 52.3 Å². The van der Waals surface area contributed by atoms with Crippen LogP contribution >= 0.6 is 34.8 Å². The average Bonchev–Trinajstić information content (AvgIpc) is 2.83. The number of anilines is 1. The SMILES string of the molecule is O=C(NNc1ccccn1)c1ccc(/C(F)=C/C(c2cc(Cl)c(Cl)c(Cl)c2)C(F)(F)F)cc1C(F)(F)F. The third-order valence-electron chi connectivity index (χ3n) is 4.85. The molecule has 3 aromatic rings. The number of hydrogen-bond acceptors (Lipinski definition) is 3. The van der Waals surface area contributed by atoms with E-state index in [2.05, 4.69) is 10.4 Å². The Morgan fingerprint density at radius 1 is 0.946 bits per heavy atom. The number of aromatic nitrogens is 1. The molecule has 1 unspecified atom stereocenters. The van der Waals surface area contributed by atoms with E-state index in [1.807, 2.05) is 5.43 Å². The highest BCUT2D eigenvalue weighted by Gasteiger charge is 2.41. The standard InChI is InChI=1S/C23H13Cl3F7N3O/c24-16-8-12(9-17(25)20(16)26)14(22(28,29)30)10-18(27)11-4-5-13(15(7-11)23(31,32)33)21(37)36-35-19-3-1-2-6-34-19/h1-10,14H,(H,34,35)(H,36,37)/b18-10-. The highest BCUT2D eigenvalue weighted by atomic mass is 35.5. The van der Waals surface area contributed by atoms with Crippen LogP contribution in [0.15, 0.2) is 60.8 Å². The molecule has 0 aliphatic carbocycles. The molecule has 2 N–H and O–H groups in total. The van der Waals surface area contributed by atoms with Gasteiger partial charge in [0.15, 0.2) is 0 Å². The summed E-state index contributed by atoms with van der Waals surface area (Å²) in [5, 5.41) is -0.888. The second kappa shape index (κ2) is 11.2. The van der Waals surface area contributed by atoms with Crippen molar-refractivity contribution in [1.29, 1.82) is 0 Å². The number of rotatable bonds is 6. The molecule has 37 heavy (non-hydrogen) atoms. The van der Waals surface area contributed by atoms with E-state index in [0.29, 0.717) is 6.07 Å². The number of allylic oxidation sites excluding steroid dienone is 1. The number of nitrogens with zero attached hydrogens (tertiary/aromatic N) is 1. The van der Waals surface area contributed by atoms with Crippen LogP contribution in [0.25, 0.3) is 5.83 Å². The van der Waals surface area contributed by atoms with E-state index in [0.717, 1.165) is 18.2 Å². The van der Waals surface area contributed by atoms with E-state index in [1.54, 1.807) is 12.1 Å². The molecule has 0 aliphatic heterocycles. The number of hydrogen-bond donors (Lipinski definition) is 2. The minimum absolute atomic E-state index is 0.0771. The lowest BCUT2D eigenvalue weighted by atomic mass is 9.95. The first kappa shape index (κ1) is 28.5. The second-order valence-electron chi connectivity index (χ2n) is 7.38. The number of carbonyl (C=O) groups excluding carboxylic acids is 1. The number of hydrazine groups is 1. The molecule has 0 spiro atoms. The zero-order valence-electron chi connectivity index (χ0n) is 18.0. The van der Waals surface area contributed by atoms with Gasteiger partial charge in [0.2, 0.25) is 0 Å². The summed E-state index contributed by atoms with van der Waals surface area (Å²) in [6, 6.07) is 7.79. The van der Waals surface area contributed by atoms with E-state index in [1.165, 1.54) is 12.3 Å². The number of halogens is 10. The third-order valence-corrected chi connectivity index (χ3v) is 6.04. The van der Waals surface area contributed by atoms with Gasteiger partial charge in [-0.3, -0.25) is 15.6 Å². The lowest BCUT2D eigenvalue weighted by Gasteiger charge is -2.19. The van der Waals surface area contributed by atoms with Crippen molar-refractivity contribution in [2.24, 2.45) is 0 Å². The normalized spacial score (nSPS) is 13.3. The van der Waals surface area contributed by atoms with Crippen molar-refractivity contribution in [2.45, 2.75) is 18.3 Å². The summed E-state index contributed by atoms with van der Waals surface area (Å²) in [5.41, 5.74) is 0.420. The number of carbonyl (C=O) groups is 1. The van der Waals surface area contributed by atoms with E-state index in [9.17, 15) is 35.5 Å². The number of benzene rings is 2. The van der Waals surface area contributed by atoms with Gasteiger partial charge in [0, 0.05) is 11.8 Å². The highest BCUT2D eigenvalue weighted by molar-refractivity contribution is 6.48. The van der Waals surface area contributed by atoms with Crippen molar-refractivity contribution in [3.63, 3.8) is 0 Å². The summed E-state index contributed by atoms with van der Waals surface area (Å²) in [6.07, 6.45) is -8.77. The lowest BCUT2D eigenvalue weighted by Crippen LogP contribution is -2.31. The molecule has 196 valence electrons. The van der Waals surface area contributed by atoms with Crippen molar-refractivity contribution in [1.82, 2.24) is 10.4 Å². The molecule has 0 fully saturated rings. The first-order chi connectivity index (χ1) is 17.2. The van der Waals surface area contributed by atoms with Crippen LogP contribution in [0.4, 0.5) is 36.6 Å². The first-order valence-corrected chi connectivity index (χ1v) is 11.1. The molecule has 1 heterocycles. The fraction of sp³-hybridized carbons (Fsp3) is 0.130. The monoisotopic (exact) mass is 585 g/mol. The van der Waals surface area contributed by atoms with Crippen LogP contribution in [-0.4, -0.2) is 17.1 Å². The maximum Gasteiger partial charge on any atom is 0.417 e. The first-order valence-electron chi connectivity index (χ1n) is 9.96. The van der Waals surface area contributed by atoms with Gasteiger partial charge >= 0.3 is 12.4 Å². The fourth-order valence-electron chi connectivity index (χ4n) is 3.13. The van der Waals surface area contributed by atoms with Crippen molar-refractivity contribution in [2.75, 3.05) is 5.43 Å². The molecule has 0 saturated carbocycles. The third kappa shape index (κ3) is 7.06. The molecule has 1 aromatic heterocycles. The molecule has 0 bridgehead atoms. The fourth-order valence-corrected chi connectivity index (χ4v) is 3.74. The summed E-state index contributed by atoms with van der Waals surface area (Å²) in [5.74, 6) is -5.38. The molecule has 0 radical (unpaired) electrons. The summed E-state index contributed by atoms with van der Waals surface area (Å²) in [4.78, 5) is 16.2. The maximum absolute atomic E-state index is 14.9. The van der Waals surface area contributed by atoms with E-state index in [4.69, 9.17) is 34.8 Å². The zero-order chi connectivity index (χ0) is 27.5. The number of amides is 1. The predicted octanol–water partition coefficient (Wildman–Crippen LogP) is 8.47. The van der Waals surface area contributed by atoms with Gasteiger partial charge in [0.05, 0.1) is 26.2 Å². The Bertz CT molecular complexity index is 1310. The Morgan fingerprint density at radius 3 is 2.14 bits per heavy atom. The average molecular weight is 587 g/mol. The number of pyridine rings is 1. The summed E-state index contributed by atoms with van der Waals surface area (Å²) in [6.45, 7) is 0. The Morgan fingerprint density at radius 2 is 1.59 bits per heavy atom. The minimum atomic E-state index is -5.14. The van der Waals surface area contributed by atoms with Crippen molar-refractivity contribution < 1.29 is 35.5 Å². The zero-order valence-corrected chi connectivity index (χ0v) is 20.3. The maximum atomic E-state index is 14.9. The number of alkyl halides is 6. The smallest absolute Gasteiger partial charge is 0.282 e. The summed E-state index contributed by atoms with van der Waals surface area (Å²) < 4.78 is 97.2. The van der Waals surface area contributed by atoms with Gasteiger partial charge in [-0.2, -0.15) is 26.3 Å². The molecule has 4 nitrogen and oxygen atoms in total.